The first-order valence-electron chi connectivity index (χ1n) is 7.47. The number of nitrogens with two attached hydrogens (primary N) is 1. The fraction of sp³-hybridized carbons (Fsp3) is 0.250. The lowest BCUT2D eigenvalue weighted by Crippen LogP contribution is -2.44. The first-order chi connectivity index (χ1) is 12.0. The fourth-order valence-electron chi connectivity index (χ4n) is 2.29. The topological polar surface area (TPSA) is 114 Å². The lowest BCUT2D eigenvalue weighted by atomic mass is 9.94. The zero-order chi connectivity index (χ0) is 19.5. The van der Waals surface area contributed by atoms with E-state index in [1.165, 1.54) is 32.2 Å². The lowest BCUT2D eigenvalue weighted by Gasteiger charge is -2.25. The van der Waals surface area contributed by atoms with Gasteiger partial charge in [0.05, 0.1) is 17.5 Å². The van der Waals surface area contributed by atoms with Crippen LogP contribution in [-0.4, -0.2) is 32.1 Å². The zero-order valence-corrected chi connectivity index (χ0v) is 14.9. The lowest BCUT2D eigenvalue weighted by molar-refractivity contribution is 0.102. The molecule has 7 nitrogen and oxygen atoms in total. The number of amides is 1. The van der Waals surface area contributed by atoms with Gasteiger partial charge in [-0.1, -0.05) is 0 Å². The van der Waals surface area contributed by atoms with Crippen molar-refractivity contribution >= 4 is 21.6 Å². The first-order valence-corrected chi connectivity index (χ1v) is 9.12. The molecule has 0 aliphatic rings. The molecule has 0 bridgehead atoms. The normalized spacial score (nSPS) is 13.9. The van der Waals surface area contributed by atoms with Gasteiger partial charge in [-0.15, -0.1) is 0 Å². The van der Waals surface area contributed by atoms with Gasteiger partial charge in [0, 0.05) is 11.3 Å². The largest absolute Gasteiger partial charge is 0.321 e. The Morgan fingerprint density at radius 3 is 2.54 bits per heavy atom. The van der Waals surface area contributed by atoms with Gasteiger partial charge in [-0.05, 0) is 44.3 Å². The summed E-state index contributed by atoms with van der Waals surface area (Å²) in [4.78, 5) is 15.8. The standard InChI is InChI=1S/C16H18F2N4O3S/c1-16(19,9-26(24,25)20-2)12-7-11(4-5-13(12)18)22-15(23)14-6-3-10(17)8-21-14/h3-8,20H,9,19H2,1-2H3,(H,22,23)/t16-/m0/s1. The monoisotopic (exact) mass is 384 g/mol. The van der Waals surface area contributed by atoms with E-state index in [1.807, 2.05) is 0 Å². The van der Waals surface area contributed by atoms with E-state index >= 15 is 0 Å². The van der Waals surface area contributed by atoms with Crippen LogP contribution in [0.2, 0.25) is 0 Å². The van der Waals surface area contributed by atoms with E-state index in [1.54, 1.807) is 0 Å². The van der Waals surface area contributed by atoms with E-state index in [0.717, 1.165) is 18.3 Å². The van der Waals surface area contributed by atoms with Gasteiger partial charge >= 0.3 is 0 Å². The van der Waals surface area contributed by atoms with Gasteiger partial charge in [0.25, 0.3) is 5.91 Å². The predicted octanol–water partition coefficient (Wildman–Crippen LogP) is 1.34. The molecule has 1 amide bonds. The Morgan fingerprint density at radius 1 is 1.27 bits per heavy atom. The third kappa shape index (κ3) is 4.81. The minimum absolute atomic E-state index is 0.0365. The van der Waals surface area contributed by atoms with Gasteiger partial charge in [0.1, 0.15) is 17.3 Å². The number of carbonyl (C=O) groups excluding carboxylic acids is 1. The van der Waals surface area contributed by atoms with E-state index in [-0.39, 0.29) is 16.9 Å². The summed E-state index contributed by atoms with van der Waals surface area (Å²) in [6, 6.07) is 5.89. The molecule has 0 saturated heterocycles. The summed E-state index contributed by atoms with van der Waals surface area (Å²) in [5, 5.41) is 2.48. The minimum Gasteiger partial charge on any atom is -0.321 e. The SMILES string of the molecule is CNS(=O)(=O)C[C@](C)(N)c1cc(NC(=O)c2ccc(F)cn2)ccc1F. The number of sulfonamides is 1. The number of aromatic nitrogens is 1. The van der Waals surface area contributed by atoms with Crippen LogP contribution in [0.1, 0.15) is 23.0 Å². The highest BCUT2D eigenvalue weighted by atomic mass is 32.2. The third-order valence-electron chi connectivity index (χ3n) is 3.60. The molecule has 0 fully saturated rings. The molecule has 0 aliphatic heterocycles. The summed E-state index contributed by atoms with van der Waals surface area (Å²) < 4.78 is 52.7. The average Bonchev–Trinajstić information content (AvgIpc) is 2.56. The molecule has 1 atom stereocenters. The maximum absolute atomic E-state index is 14.2. The molecule has 4 N–H and O–H groups in total. The first kappa shape index (κ1) is 19.9. The van der Waals surface area contributed by atoms with Crippen LogP contribution in [0.3, 0.4) is 0 Å². The van der Waals surface area contributed by atoms with Crippen LogP contribution in [-0.2, 0) is 15.6 Å². The van der Waals surface area contributed by atoms with Crippen LogP contribution in [0.15, 0.2) is 36.5 Å². The number of nitrogens with one attached hydrogen (secondary N) is 2. The number of hydrogen-bond donors (Lipinski definition) is 3. The summed E-state index contributed by atoms with van der Waals surface area (Å²) in [6.45, 7) is 1.37. The minimum atomic E-state index is -3.70. The van der Waals surface area contributed by atoms with Crippen molar-refractivity contribution in [2.24, 2.45) is 5.73 Å². The summed E-state index contributed by atoms with van der Waals surface area (Å²) in [5.74, 6) is -2.48. The summed E-state index contributed by atoms with van der Waals surface area (Å²) in [6.07, 6.45) is 0.893. The summed E-state index contributed by atoms with van der Waals surface area (Å²) in [5.41, 5.74) is 4.53. The Balaban J connectivity index is 2.29. The Hall–Kier alpha value is -2.43. The molecule has 0 spiro atoms. The maximum Gasteiger partial charge on any atom is 0.274 e. The van der Waals surface area contributed by atoms with Crippen molar-refractivity contribution < 1.29 is 22.0 Å². The zero-order valence-electron chi connectivity index (χ0n) is 14.1. The second kappa shape index (κ2) is 7.44. The second-order valence-corrected chi connectivity index (χ2v) is 7.82. The van der Waals surface area contributed by atoms with Crippen molar-refractivity contribution in [2.45, 2.75) is 12.5 Å². The quantitative estimate of drug-likeness (QED) is 0.695. The Bertz CT molecular complexity index is 916. The van der Waals surface area contributed by atoms with Crippen LogP contribution < -0.4 is 15.8 Å². The van der Waals surface area contributed by atoms with Gasteiger partial charge in [0.2, 0.25) is 10.0 Å². The number of hydrogen-bond acceptors (Lipinski definition) is 5. The van der Waals surface area contributed by atoms with Crippen LogP contribution >= 0.6 is 0 Å². The number of carbonyl (C=O) groups is 1. The molecule has 2 rings (SSSR count). The number of anilines is 1. The Morgan fingerprint density at radius 2 is 1.96 bits per heavy atom. The van der Waals surface area contributed by atoms with Gasteiger partial charge in [-0.25, -0.2) is 26.9 Å². The molecule has 1 aromatic heterocycles. The molecule has 0 aliphatic carbocycles. The second-order valence-electron chi connectivity index (χ2n) is 5.89. The van der Waals surface area contributed by atoms with Gasteiger partial charge < -0.3 is 11.1 Å². The van der Waals surface area contributed by atoms with Gasteiger partial charge in [-0.3, -0.25) is 4.79 Å². The molecule has 1 aromatic carbocycles. The highest BCUT2D eigenvalue weighted by Gasteiger charge is 2.31. The summed E-state index contributed by atoms with van der Waals surface area (Å²) in [7, 11) is -2.47. The number of halogens is 2. The highest BCUT2D eigenvalue weighted by Crippen LogP contribution is 2.26. The Kier molecular flexibility index (Phi) is 5.69. The molecule has 0 unspecified atom stereocenters. The molecule has 0 radical (unpaired) electrons. The number of nitrogens with zero attached hydrogens (tertiary/aromatic N) is 1. The van der Waals surface area contributed by atoms with Crippen molar-refractivity contribution in [1.29, 1.82) is 0 Å². The molecular formula is C16H18F2N4O3S. The van der Waals surface area contributed by atoms with E-state index in [9.17, 15) is 22.0 Å². The number of rotatable bonds is 6. The van der Waals surface area contributed by atoms with Crippen LogP contribution in [0.4, 0.5) is 14.5 Å². The Labute approximate surface area is 149 Å². The number of pyridine rings is 1. The van der Waals surface area contributed by atoms with Crippen LogP contribution in [0, 0.1) is 11.6 Å². The van der Waals surface area contributed by atoms with Crippen molar-refractivity contribution in [2.75, 3.05) is 18.1 Å². The van der Waals surface area contributed by atoms with E-state index in [2.05, 4.69) is 15.0 Å². The van der Waals surface area contributed by atoms with Crippen molar-refractivity contribution in [3.8, 4) is 0 Å². The third-order valence-corrected chi connectivity index (χ3v) is 5.20. The molecule has 1 heterocycles. The van der Waals surface area contributed by atoms with Gasteiger partial charge in [0.15, 0.2) is 0 Å². The molecule has 10 heteroatoms. The molecular weight excluding hydrogens is 366 g/mol. The molecule has 2 aromatic rings. The van der Waals surface area contributed by atoms with Crippen molar-refractivity contribution in [1.82, 2.24) is 9.71 Å². The van der Waals surface area contributed by atoms with Crippen LogP contribution in [0.5, 0.6) is 0 Å². The maximum atomic E-state index is 14.2. The van der Waals surface area contributed by atoms with E-state index < -0.39 is 38.9 Å². The van der Waals surface area contributed by atoms with Crippen molar-refractivity contribution in [3.05, 3.63) is 59.4 Å². The van der Waals surface area contributed by atoms with Crippen LogP contribution in [0.25, 0.3) is 0 Å². The summed E-state index contributed by atoms with van der Waals surface area (Å²) >= 11 is 0. The van der Waals surface area contributed by atoms with E-state index in [4.69, 9.17) is 5.73 Å². The molecule has 140 valence electrons. The molecule has 0 saturated carbocycles. The number of benzene rings is 1. The predicted molar refractivity (Wildman–Crippen MR) is 92.9 cm³/mol. The smallest absolute Gasteiger partial charge is 0.274 e. The molecule has 26 heavy (non-hydrogen) atoms. The highest BCUT2D eigenvalue weighted by molar-refractivity contribution is 7.89. The van der Waals surface area contributed by atoms with E-state index in [0.29, 0.717) is 0 Å². The fourth-order valence-corrected chi connectivity index (χ4v) is 3.38. The van der Waals surface area contributed by atoms with Gasteiger partial charge in [-0.2, -0.15) is 0 Å². The van der Waals surface area contributed by atoms with Crippen molar-refractivity contribution in [3.63, 3.8) is 0 Å². The average molecular weight is 384 g/mol.